The van der Waals surface area contributed by atoms with Gasteiger partial charge in [0.05, 0.1) is 0 Å². The van der Waals surface area contributed by atoms with Gasteiger partial charge in [0.15, 0.2) is 0 Å². The minimum Gasteiger partial charge on any atom is -0.355 e. The highest BCUT2D eigenvalue weighted by atomic mass is 14.9. The molecule has 1 N–H and O–H groups in total. The fourth-order valence-corrected chi connectivity index (χ4v) is 4.39. The van der Waals surface area contributed by atoms with Crippen LogP contribution in [-0.2, 0) is 10.8 Å². The minimum absolute atomic E-state index is 0.228. The Balaban J connectivity index is 1.66. The van der Waals surface area contributed by atoms with Crippen LogP contribution in [0.1, 0.15) is 57.2 Å². The summed E-state index contributed by atoms with van der Waals surface area (Å²) in [5.41, 5.74) is 9.67. The van der Waals surface area contributed by atoms with E-state index < -0.39 is 0 Å². The van der Waals surface area contributed by atoms with Gasteiger partial charge < -0.3 is 5.32 Å². The summed E-state index contributed by atoms with van der Waals surface area (Å²) in [6.07, 6.45) is 2.49. The lowest BCUT2D eigenvalue weighted by molar-refractivity contribution is 0.332. The SMILES string of the molecule is Cc1cc2c(cc1Nc1ccc(-c3ccccc3)cc1)C(C)(C)CCC2(C)C. The molecule has 0 unspecified atom stereocenters. The van der Waals surface area contributed by atoms with Crippen LogP contribution in [-0.4, -0.2) is 0 Å². The number of hydrogen-bond acceptors (Lipinski definition) is 1. The van der Waals surface area contributed by atoms with Crippen molar-refractivity contribution in [3.63, 3.8) is 0 Å². The van der Waals surface area contributed by atoms with Crippen molar-refractivity contribution in [2.75, 3.05) is 5.32 Å². The molecule has 0 spiro atoms. The van der Waals surface area contributed by atoms with Crippen LogP contribution in [0.4, 0.5) is 11.4 Å². The van der Waals surface area contributed by atoms with Crippen molar-refractivity contribution in [3.8, 4) is 11.1 Å². The number of nitrogens with one attached hydrogen (secondary N) is 1. The zero-order chi connectivity index (χ0) is 19.9. The molecule has 28 heavy (non-hydrogen) atoms. The van der Waals surface area contributed by atoms with Crippen molar-refractivity contribution in [3.05, 3.63) is 83.4 Å². The summed E-state index contributed by atoms with van der Waals surface area (Å²) in [6.45, 7) is 11.8. The highest BCUT2D eigenvalue weighted by molar-refractivity contribution is 5.70. The first kappa shape index (κ1) is 18.8. The lowest BCUT2D eigenvalue weighted by Gasteiger charge is -2.42. The van der Waals surface area contributed by atoms with Gasteiger partial charge in [0.25, 0.3) is 0 Å². The molecule has 3 aromatic carbocycles. The monoisotopic (exact) mass is 369 g/mol. The standard InChI is InChI=1S/C27H31N/c1-19-17-23-24(27(4,5)16-15-26(23,2)3)18-25(19)28-22-13-11-21(12-14-22)20-9-7-6-8-10-20/h6-14,17-18,28H,15-16H2,1-5H3. The minimum atomic E-state index is 0.228. The van der Waals surface area contributed by atoms with Crippen molar-refractivity contribution in [1.82, 2.24) is 0 Å². The van der Waals surface area contributed by atoms with E-state index in [2.05, 4.69) is 107 Å². The molecule has 1 nitrogen and oxygen atoms in total. The molecule has 3 aromatic rings. The van der Waals surface area contributed by atoms with Crippen molar-refractivity contribution in [2.45, 2.75) is 58.3 Å². The summed E-state index contributed by atoms with van der Waals surface area (Å²) < 4.78 is 0. The first-order valence-corrected chi connectivity index (χ1v) is 10.3. The van der Waals surface area contributed by atoms with E-state index in [4.69, 9.17) is 0 Å². The van der Waals surface area contributed by atoms with E-state index >= 15 is 0 Å². The molecule has 0 aliphatic heterocycles. The highest BCUT2D eigenvalue weighted by Crippen LogP contribution is 2.47. The Morgan fingerprint density at radius 3 is 1.82 bits per heavy atom. The third-order valence-electron chi connectivity index (χ3n) is 6.47. The van der Waals surface area contributed by atoms with E-state index in [1.54, 1.807) is 0 Å². The zero-order valence-electron chi connectivity index (χ0n) is 17.8. The van der Waals surface area contributed by atoms with E-state index in [0.29, 0.717) is 0 Å². The Morgan fingerprint density at radius 2 is 1.21 bits per heavy atom. The third kappa shape index (κ3) is 3.46. The Bertz CT molecular complexity index is 979. The maximum Gasteiger partial charge on any atom is 0.0417 e. The molecule has 1 aliphatic rings. The molecule has 144 valence electrons. The van der Waals surface area contributed by atoms with E-state index in [1.165, 1.54) is 46.3 Å². The van der Waals surface area contributed by atoms with Gasteiger partial charge in [0, 0.05) is 11.4 Å². The largest absolute Gasteiger partial charge is 0.355 e. The van der Waals surface area contributed by atoms with Crippen LogP contribution >= 0.6 is 0 Å². The van der Waals surface area contributed by atoms with E-state index in [9.17, 15) is 0 Å². The van der Waals surface area contributed by atoms with Gasteiger partial charge in [-0.1, -0.05) is 76.2 Å². The molecule has 1 heteroatoms. The Morgan fingerprint density at radius 1 is 0.679 bits per heavy atom. The zero-order valence-corrected chi connectivity index (χ0v) is 17.8. The van der Waals surface area contributed by atoms with E-state index in [0.717, 1.165) is 5.69 Å². The van der Waals surface area contributed by atoms with Gasteiger partial charge >= 0.3 is 0 Å². The average Bonchev–Trinajstić information content (AvgIpc) is 2.68. The Labute approximate surface area is 169 Å². The maximum atomic E-state index is 3.67. The summed E-state index contributed by atoms with van der Waals surface area (Å²) >= 11 is 0. The number of fused-ring (bicyclic) bond motifs is 1. The molecule has 0 amide bonds. The van der Waals surface area contributed by atoms with Gasteiger partial charge in [0.2, 0.25) is 0 Å². The van der Waals surface area contributed by atoms with Crippen LogP contribution in [0.15, 0.2) is 66.7 Å². The van der Waals surface area contributed by atoms with Crippen LogP contribution in [0.25, 0.3) is 11.1 Å². The van der Waals surface area contributed by atoms with Crippen molar-refractivity contribution >= 4 is 11.4 Å². The molecular formula is C27H31N. The van der Waals surface area contributed by atoms with E-state index in [1.807, 2.05) is 0 Å². The quantitative estimate of drug-likeness (QED) is 0.497. The number of benzene rings is 3. The molecule has 0 bridgehead atoms. The van der Waals surface area contributed by atoms with Crippen LogP contribution in [0.3, 0.4) is 0 Å². The number of aryl methyl sites for hydroxylation is 1. The van der Waals surface area contributed by atoms with Crippen molar-refractivity contribution in [1.29, 1.82) is 0 Å². The van der Waals surface area contributed by atoms with Crippen molar-refractivity contribution in [2.24, 2.45) is 0 Å². The number of anilines is 2. The van der Waals surface area contributed by atoms with Gasteiger partial charge in [-0.25, -0.2) is 0 Å². The summed E-state index contributed by atoms with van der Waals surface area (Å²) in [5, 5.41) is 3.67. The van der Waals surface area contributed by atoms with E-state index in [-0.39, 0.29) is 10.8 Å². The lowest BCUT2D eigenvalue weighted by Crippen LogP contribution is -2.34. The van der Waals surface area contributed by atoms with Crippen LogP contribution in [0, 0.1) is 6.92 Å². The van der Waals surface area contributed by atoms with Gasteiger partial charge in [-0.15, -0.1) is 0 Å². The van der Waals surface area contributed by atoms with Gasteiger partial charge in [-0.2, -0.15) is 0 Å². The summed E-state index contributed by atoms with van der Waals surface area (Å²) in [4.78, 5) is 0. The predicted octanol–water partition coefficient (Wildman–Crippen LogP) is 7.75. The second-order valence-electron chi connectivity index (χ2n) is 9.55. The maximum absolute atomic E-state index is 3.67. The summed E-state index contributed by atoms with van der Waals surface area (Å²) in [7, 11) is 0. The van der Waals surface area contributed by atoms with Crippen LogP contribution in [0.5, 0.6) is 0 Å². The highest BCUT2D eigenvalue weighted by Gasteiger charge is 2.37. The molecule has 4 rings (SSSR count). The average molecular weight is 370 g/mol. The molecule has 0 radical (unpaired) electrons. The summed E-state index contributed by atoms with van der Waals surface area (Å²) in [6, 6.07) is 24.1. The molecular weight excluding hydrogens is 338 g/mol. The number of hydrogen-bond donors (Lipinski definition) is 1. The Kier molecular flexibility index (Phi) is 4.57. The first-order valence-electron chi connectivity index (χ1n) is 10.3. The second-order valence-corrected chi connectivity index (χ2v) is 9.55. The molecule has 0 aromatic heterocycles. The van der Waals surface area contributed by atoms with Crippen LogP contribution in [0.2, 0.25) is 0 Å². The molecule has 0 heterocycles. The van der Waals surface area contributed by atoms with Gasteiger partial charge in [-0.3, -0.25) is 0 Å². The fraction of sp³-hybridized carbons (Fsp3) is 0.333. The third-order valence-corrected chi connectivity index (χ3v) is 6.47. The van der Waals surface area contributed by atoms with Gasteiger partial charge in [0.1, 0.15) is 0 Å². The molecule has 1 aliphatic carbocycles. The molecule has 0 saturated heterocycles. The van der Waals surface area contributed by atoms with Gasteiger partial charge in [-0.05, 0) is 76.6 Å². The molecule has 0 saturated carbocycles. The van der Waals surface area contributed by atoms with Crippen molar-refractivity contribution < 1.29 is 0 Å². The lowest BCUT2D eigenvalue weighted by atomic mass is 9.63. The molecule has 0 atom stereocenters. The second kappa shape index (κ2) is 6.81. The topological polar surface area (TPSA) is 12.0 Å². The molecule has 0 fully saturated rings. The Hall–Kier alpha value is -2.54. The van der Waals surface area contributed by atoms with Crippen LogP contribution < -0.4 is 5.32 Å². The number of rotatable bonds is 3. The predicted molar refractivity (Wildman–Crippen MR) is 122 cm³/mol. The first-order chi connectivity index (χ1) is 13.3. The summed E-state index contributed by atoms with van der Waals surface area (Å²) in [5.74, 6) is 0. The smallest absolute Gasteiger partial charge is 0.0417 e. The fourth-order valence-electron chi connectivity index (χ4n) is 4.39. The normalized spacial score (nSPS) is 17.0.